The first-order valence-corrected chi connectivity index (χ1v) is 8.43. The second-order valence-electron chi connectivity index (χ2n) is 6.19. The van der Waals surface area contributed by atoms with Gasteiger partial charge < -0.3 is 18.8 Å². The molecule has 1 amide bonds. The summed E-state index contributed by atoms with van der Waals surface area (Å²) in [6, 6.07) is 4.52. The van der Waals surface area contributed by atoms with Crippen LogP contribution in [0.2, 0.25) is 0 Å². The van der Waals surface area contributed by atoms with E-state index in [1.165, 1.54) is 18.4 Å². The largest absolute Gasteiger partial charge is 0.484 e. The van der Waals surface area contributed by atoms with Crippen LogP contribution in [0.4, 0.5) is 13.2 Å². The SMILES string of the molecule is COC1CCCN(C(=O)c2coc(COc3cccc(C(F)(F)F)c3)n2)C1. The van der Waals surface area contributed by atoms with E-state index in [1.54, 1.807) is 12.0 Å². The molecule has 0 radical (unpaired) electrons. The second-order valence-corrected chi connectivity index (χ2v) is 6.19. The summed E-state index contributed by atoms with van der Waals surface area (Å²) in [6.07, 6.45) is -1.48. The maximum absolute atomic E-state index is 12.7. The Morgan fingerprint density at radius 3 is 2.96 bits per heavy atom. The Morgan fingerprint density at radius 2 is 2.22 bits per heavy atom. The van der Waals surface area contributed by atoms with Crippen molar-refractivity contribution in [3.8, 4) is 5.75 Å². The van der Waals surface area contributed by atoms with Gasteiger partial charge in [0.1, 0.15) is 12.0 Å². The quantitative estimate of drug-likeness (QED) is 0.789. The predicted molar refractivity (Wildman–Crippen MR) is 88.2 cm³/mol. The van der Waals surface area contributed by atoms with E-state index in [0.29, 0.717) is 13.1 Å². The highest BCUT2D eigenvalue weighted by Crippen LogP contribution is 2.31. The van der Waals surface area contributed by atoms with Gasteiger partial charge in [-0.2, -0.15) is 13.2 Å². The van der Waals surface area contributed by atoms with Crippen molar-refractivity contribution in [2.75, 3.05) is 20.2 Å². The van der Waals surface area contributed by atoms with Crippen LogP contribution in [0, 0.1) is 0 Å². The monoisotopic (exact) mass is 384 g/mol. The van der Waals surface area contributed by atoms with Gasteiger partial charge in [-0.25, -0.2) is 4.98 Å². The molecule has 0 saturated carbocycles. The molecule has 146 valence electrons. The van der Waals surface area contributed by atoms with Crippen molar-refractivity contribution < 1.29 is 31.9 Å². The lowest BCUT2D eigenvalue weighted by molar-refractivity contribution is -0.137. The topological polar surface area (TPSA) is 64.8 Å². The summed E-state index contributed by atoms with van der Waals surface area (Å²) in [5, 5.41) is 0. The molecule has 27 heavy (non-hydrogen) atoms. The fraction of sp³-hybridized carbons (Fsp3) is 0.444. The van der Waals surface area contributed by atoms with E-state index < -0.39 is 11.7 Å². The molecule has 0 spiro atoms. The zero-order chi connectivity index (χ0) is 19.4. The maximum Gasteiger partial charge on any atom is 0.416 e. The molecule has 2 heterocycles. The van der Waals surface area contributed by atoms with Crippen molar-refractivity contribution >= 4 is 5.91 Å². The molecular weight excluding hydrogens is 365 g/mol. The zero-order valence-corrected chi connectivity index (χ0v) is 14.7. The van der Waals surface area contributed by atoms with Crippen molar-refractivity contribution in [1.29, 1.82) is 0 Å². The first-order chi connectivity index (χ1) is 12.9. The van der Waals surface area contributed by atoms with Crippen LogP contribution in [0.25, 0.3) is 0 Å². The van der Waals surface area contributed by atoms with Crippen LogP contribution in [0.15, 0.2) is 34.9 Å². The molecule has 1 aromatic carbocycles. The summed E-state index contributed by atoms with van der Waals surface area (Å²) in [7, 11) is 1.61. The Bertz CT molecular complexity index is 791. The van der Waals surface area contributed by atoms with E-state index in [1.807, 2.05) is 0 Å². The third kappa shape index (κ3) is 4.79. The minimum absolute atomic E-state index is 0.00156. The molecule has 6 nitrogen and oxygen atoms in total. The number of rotatable bonds is 5. The van der Waals surface area contributed by atoms with Gasteiger partial charge in [-0.3, -0.25) is 4.79 Å². The van der Waals surface area contributed by atoms with E-state index in [2.05, 4.69) is 4.98 Å². The van der Waals surface area contributed by atoms with Gasteiger partial charge >= 0.3 is 6.18 Å². The van der Waals surface area contributed by atoms with E-state index >= 15 is 0 Å². The molecule has 2 aromatic rings. The maximum atomic E-state index is 12.7. The number of likely N-dealkylation sites (tertiary alicyclic amines) is 1. The number of aromatic nitrogens is 1. The van der Waals surface area contributed by atoms with E-state index in [9.17, 15) is 18.0 Å². The van der Waals surface area contributed by atoms with Crippen LogP contribution in [0.1, 0.15) is 34.8 Å². The second kappa shape index (κ2) is 7.99. The van der Waals surface area contributed by atoms with Crippen LogP contribution >= 0.6 is 0 Å². The van der Waals surface area contributed by atoms with Crippen LogP contribution in [0.5, 0.6) is 5.75 Å². The number of piperidine rings is 1. The first-order valence-electron chi connectivity index (χ1n) is 8.43. The summed E-state index contributed by atoms with van der Waals surface area (Å²) in [4.78, 5) is 18.2. The number of carbonyl (C=O) groups is 1. The Balaban J connectivity index is 1.60. The molecular formula is C18H19F3N2O4. The summed E-state index contributed by atoms with van der Waals surface area (Å²) >= 11 is 0. The molecule has 3 rings (SSSR count). The van der Waals surface area contributed by atoms with Gasteiger partial charge in [0.25, 0.3) is 5.91 Å². The highest BCUT2D eigenvalue weighted by Gasteiger charge is 2.30. The number of halogens is 3. The lowest BCUT2D eigenvalue weighted by atomic mass is 10.1. The number of nitrogens with zero attached hydrogens (tertiary/aromatic N) is 2. The van der Waals surface area contributed by atoms with Crippen LogP contribution in [0.3, 0.4) is 0 Å². The zero-order valence-electron chi connectivity index (χ0n) is 14.7. The Morgan fingerprint density at radius 1 is 1.41 bits per heavy atom. The third-order valence-corrected chi connectivity index (χ3v) is 4.29. The molecule has 1 aliphatic heterocycles. The fourth-order valence-corrected chi connectivity index (χ4v) is 2.86. The molecule has 0 N–H and O–H groups in total. The number of alkyl halides is 3. The smallest absolute Gasteiger partial charge is 0.416 e. The molecule has 1 fully saturated rings. The van der Waals surface area contributed by atoms with Crippen molar-refractivity contribution in [1.82, 2.24) is 9.88 Å². The van der Waals surface area contributed by atoms with Crippen LogP contribution in [-0.2, 0) is 17.5 Å². The van der Waals surface area contributed by atoms with E-state index in [4.69, 9.17) is 13.9 Å². The number of benzene rings is 1. The lowest BCUT2D eigenvalue weighted by Gasteiger charge is -2.31. The average Bonchev–Trinajstić information content (AvgIpc) is 3.14. The number of hydrogen-bond donors (Lipinski definition) is 0. The molecule has 1 aromatic heterocycles. The molecule has 1 aliphatic rings. The molecule has 1 saturated heterocycles. The standard InChI is InChI=1S/C18H19F3N2O4/c1-25-14-6-3-7-23(9-14)17(24)15-10-27-16(22-15)11-26-13-5-2-4-12(8-13)18(19,20)21/h2,4-5,8,10,14H,3,6-7,9,11H2,1H3. The molecule has 1 atom stereocenters. The number of oxazole rings is 1. The van der Waals surface area contributed by atoms with Crippen molar-refractivity contribution in [3.63, 3.8) is 0 Å². The summed E-state index contributed by atoms with van der Waals surface area (Å²) in [5.41, 5.74) is -0.671. The number of ether oxygens (including phenoxy) is 2. The Labute approximate surface area is 153 Å². The van der Waals surface area contributed by atoms with Gasteiger partial charge in [0.15, 0.2) is 12.3 Å². The van der Waals surface area contributed by atoms with Gasteiger partial charge in [-0.1, -0.05) is 6.07 Å². The Hall–Kier alpha value is -2.55. The summed E-state index contributed by atoms with van der Waals surface area (Å²) in [6.45, 7) is 0.912. The summed E-state index contributed by atoms with van der Waals surface area (Å²) < 4.78 is 54.0. The van der Waals surface area contributed by atoms with Gasteiger partial charge in [0.05, 0.1) is 11.7 Å². The van der Waals surface area contributed by atoms with Gasteiger partial charge in [-0.15, -0.1) is 0 Å². The van der Waals surface area contributed by atoms with Crippen LogP contribution < -0.4 is 4.74 Å². The highest BCUT2D eigenvalue weighted by atomic mass is 19.4. The predicted octanol–water partition coefficient (Wildman–Crippen LogP) is 3.52. The van der Waals surface area contributed by atoms with Crippen molar-refractivity contribution in [2.24, 2.45) is 0 Å². The number of carbonyl (C=O) groups excluding carboxylic acids is 1. The normalized spacial score (nSPS) is 17.8. The minimum atomic E-state index is -4.45. The summed E-state index contributed by atoms with van der Waals surface area (Å²) in [5.74, 6) is -0.128. The van der Waals surface area contributed by atoms with E-state index in [-0.39, 0.29) is 36.0 Å². The van der Waals surface area contributed by atoms with Crippen molar-refractivity contribution in [3.05, 3.63) is 47.7 Å². The van der Waals surface area contributed by atoms with E-state index in [0.717, 1.165) is 25.0 Å². The Kier molecular flexibility index (Phi) is 5.69. The molecule has 1 unspecified atom stereocenters. The minimum Gasteiger partial charge on any atom is -0.484 e. The van der Waals surface area contributed by atoms with Gasteiger partial charge in [0, 0.05) is 20.2 Å². The molecule has 0 bridgehead atoms. The lowest BCUT2D eigenvalue weighted by Crippen LogP contribution is -2.43. The molecule has 0 aliphatic carbocycles. The highest BCUT2D eigenvalue weighted by molar-refractivity contribution is 5.92. The van der Waals surface area contributed by atoms with Crippen LogP contribution in [-0.4, -0.2) is 42.1 Å². The van der Waals surface area contributed by atoms with Gasteiger partial charge in [-0.05, 0) is 31.0 Å². The first kappa shape index (κ1) is 19.2. The van der Waals surface area contributed by atoms with Crippen molar-refractivity contribution in [2.45, 2.75) is 31.7 Å². The number of amides is 1. The number of hydrogen-bond acceptors (Lipinski definition) is 5. The molecule has 9 heteroatoms. The number of methoxy groups -OCH3 is 1. The fourth-order valence-electron chi connectivity index (χ4n) is 2.86. The van der Waals surface area contributed by atoms with Gasteiger partial charge in [0.2, 0.25) is 5.89 Å². The average molecular weight is 384 g/mol. The third-order valence-electron chi connectivity index (χ3n) is 4.29.